The van der Waals surface area contributed by atoms with Gasteiger partial charge in [0, 0.05) is 46.3 Å². The lowest BCUT2D eigenvalue weighted by molar-refractivity contribution is -0.114. The highest BCUT2D eigenvalue weighted by Crippen LogP contribution is 2.12. The molecule has 0 radical (unpaired) electrons. The second-order valence-electron chi connectivity index (χ2n) is 5.12. The van der Waals surface area contributed by atoms with Crippen molar-refractivity contribution in [2.75, 3.05) is 44.7 Å². The lowest BCUT2D eigenvalue weighted by atomic mass is 10.3. The molecule has 1 aliphatic heterocycles. The Morgan fingerprint density at radius 2 is 2.05 bits per heavy atom. The van der Waals surface area contributed by atoms with E-state index in [-0.39, 0.29) is 11.8 Å². The summed E-state index contributed by atoms with van der Waals surface area (Å²) in [7, 11) is 1.78. The number of morpholine rings is 1. The molecule has 1 aromatic heterocycles. The molecule has 1 fully saturated rings. The van der Waals surface area contributed by atoms with Gasteiger partial charge in [-0.05, 0) is 6.07 Å². The van der Waals surface area contributed by atoms with Gasteiger partial charge in [-0.1, -0.05) is 0 Å². The van der Waals surface area contributed by atoms with Crippen LogP contribution in [0.2, 0.25) is 0 Å². The molecule has 0 saturated carbocycles. The smallest absolute Gasteiger partial charge is 0.268 e. The molecule has 2 heterocycles. The topological polar surface area (TPSA) is 75.6 Å². The molecule has 0 aliphatic carbocycles. The summed E-state index contributed by atoms with van der Waals surface area (Å²) < 4.78 is 6.98. The molecule has 2 rings (SSSR count). The van der Waals surface area contributed by atoms with Crippen LogP contribution in [-0.4, -0.2) is 60.7 Å². The normalized spacial score (nSPS) is 15.7. The van der Waals surface area contributed by atoms with E-state index in [0.29, 0.717) is 17.9 Å². The van der Waals surface area contributed by atoms with Crippen LogP contribution in [0.5, 0.6) is 0 Å². The van der Waals surface area contributed by atoms with Crippen molar-refractivity contribution in [2.24, 2.45) is 7.05 Å². The van der Waals surface area contributed by atoms with Crippen molar-refractivity contribution in [3.05, 3.63) is 18.0 Å². The number of carbonyl (C=O) groups excluding carboxylic acids is 2. The van der Waals surface area contributed by atoms with Crippen molar-refractivity contribution < 1.29 is 14.3 Å². The van der Waals surface area contributed by atoms with E-state index in [4.69, 9.17) is 4.74 Å². The van der Waals surface area contributed by atoms with Crippen molar-refractivity contribution in [3.63, 3.8) is 0 Å². The largest absolute Gasteiger partial charge is 0.379 e. The lowest BCUT2D eigenvalue weighted by Crippen LogP contribution is -2.41. The Morgan fingerprint density at radius 1 is 1.33 bits per heavy atom. The zero-order valence-corrected chi connectivity index (χ0v) is 12.5. The zero-order chi connectivity index (χ0) is 15.2. The number of aryl methyl sites for hydroxylation is 1. The predicted octanol–water partition coefficient (Wildman–Crippen LogP) is 0.0455. The Hall–Kier alpha value is -1.86. The fourth-order valence-electron chi connectivity index (χ4n) is 2.30. The molecule has 116 valence electrons. The molecule has 2 N–H and O–H groups in total. The number of ether oxygens (including phenoxy) is 1. The molecule has 0 atom stereocenters. The summed E-state index contributed by atoms with van der Waals surface area (Å²) in [6, 6.07) is 1.67. The van der Waals surface area contributed by atoms with E-state index in [1.165, 1.54) is 6.92 Å². The van der Waals surface area contributed by atoms with Crippen LogP contribution in [0, 0.1) is 0 Å². The highest BCUT2D eigenvalue weighted by molar-refractivity contribution is 5.96. The van der Waals surface area contributed by atoms with Crippen LogP contribution in [0.15, 0.2) is 12.3 Å². The van der Waals surface area contributed by atoms with Crippen LogP contribution in [0.4, 0.5) is 5.69 Å². The Labute approximate surface area is 124 Å². The maximum absolute atomic E-state index is 12.1. The minimum atomic E-state index is -0.153. The summed E-state index contributed by atoms with van der Waals surface area (Å²) in [6.07, 6.45) is 1.72. The van der Waals surface area contributed by atoms with Gasteiger partial charge >= 0.3 is 0 Å². The summed E-state index contributed by atoms with van der Waals surface area (Å²) >= 11 is 0. The first-order chi connectivity index (χ1) is 10.1. The number of hydrogen-bond donors (Lipinski definition) is 2. The average Bonchev–Trinajstić information content (AvgIpc) is 2.80. The van der Waals surface area contributed by atoms with Gasteiger partial charge in [0.25, 0.3) is 5.91 Å². The van der Waals surface area contributed by atoms with Crippen LogP contribution < -0.4 is 10.6 Å². The molecule has 1 aromatic rings. The molecular weight excluding hydrogens is 272 g/mol. The number of anilines is 1. The number of hydrogen-bond acceptors (Lipinski definition) is 4. The van der Waals surface area contributed by atoms with Gasteiger partial charge in [-0.25, -0.2) is 0 Å². The van der Waals surface area contributed by atoms with Crippen LogP contribution in [-0.2, 0) is 16.6 Å². The molecule has 0 aromatic carbocycles. The molecular formula is C14H22N4O3. The molecule has 0 unspecified atom stereocenters. The van der Waals surface area contributed by atoms with E-state index in [2.05, 4.69) is 15.5 Å². The lowest BCUT2D eigenvalue weighted by Gasteiger charge is -2.26. The fraction of sp³-hybridized carbons (Fsp3) is 0.571. The van der Waals surface area contributed by atoms with E-state index in [1.807, 2.05) is 0 Å². The predicted molar refractivity (Wildman–Crippen MR) is 79.3 cm³/mol. The summed E-state index contributed by atoms with van der Waals surface area (Å²) in [4.78, 5) is 25.4. The van der Waals surface area contributed by atoms with E-state index >= 15 is 0 Å². The third-order valence-electron chi connectivity index (χ3n) is 3.38. The first-order valence-corrected chi connectivity index (χ1v) is 7.08. The van der Waals surface area contributed by atoms with Crippen molar-refractivity contribution >= 4 is 17.5 Å². The van der Waals surface area contributed by atoms with Crippen molar-refractivity contribution in [3.8, 4) is 0 Å². The third kappa shape index (κ3) is 4.57. The second-order valence-corrected chi connectivity index (χ2v) is 5.12. The molecule has 0 bridgehead atoms. The number of aromatic nitrogens is 1. The van der Waals surface area contributed by atoms with Gasteiger partial charge in [0.15, 0.2) is 0 Å². The Morgan fingerprint density at radius 3 is 2.71 bits per heavy atom. The molecule has 7 heteroatoms. The van der Waals surface area contributed by atoms with Gasteiger partial charge in [-0.3, -0.25) is 14.5 Å². The van der Waals surface area contributed by atoms with Crippen LogP contribution in [0.1, 0.15) is 17.4 Å². The minimum Gasteiger partial charge on any atom is -0.379 e. The highest BCUT2D eigenvalue weighted by Gasteiger charge is 2.14. The molecule has 2 amide bonds. The maximum atomic E-state index is 12.1. The van der Waals surface area contributed by atoms with Crippen molar-refractivity contribution in [2.45, 2.75) is 6.92 Å². The molecule has 1 aliphatic rings. The summed E-state index contributed by atoms with van der Waals surface area (Å²) in [6.45, 7) is 6.18. The van der Waals surface area contributed by atoms with Crippen molar-refractivity contribution in [1.82, 2.24) is 14.8 Å². The van der Waals surface area contributed by atoms with Gasteiger partial charge in [-0.2, -0.15) is 0 Å². The van der Waals surface area contributed by atoms with Crippen LogP contribution in [0.25, 0.3) is 0 Å². The maximum Gasteiger partial charge on any atom is 0.268 e. The number of rotatable bonds is 5. The Bertz CT molecular complexity index is 506. The average molecular weight is 294 g/mol. The molecule has 21 heavy (non-hydrogen) atoms. The van der Waals surface area contributed by atoms with Crippen LogP contribution in [0.3, 0.4) is 0 Å². The van der Waals surface area contributed by atoms with Gasteiger partial charge in [-0.15, -0.1) is 0 Å². The van der Waals surface area contributed by atoms with E-state index in [9.17, 15) is 9.59 Å². The monoisotopic (exact) mass is 294 g/mol. The van der Waals surface area contributed by atoms with E-state index in [0.717, 1.165) is 32.8 Å². The van der Waals surface area contributed by atoms with E-state index in [1.54, 1.807) is 23.9 Å². The molecule has 1 saturated heterocycles. The first-order valence-electron chi connectivity index (χ1n) is 7.08. The highest BCUT2D eigenvalue weighted by atomic mass is 16.5. The number of nitrogens with zero attached hydrogens (tertiary/aromatic N) is 2. The first kappa shape index (κ1) is 15.5. The van der Waals surface area contributed by atoms with Crippen molar-refractivity contribution in [1.29, 1.82) is 0 Å². The van der Waals surface area contributed by atoms with Gasteiger partial charge in [0.05, 0.1) is 18.9 Å². The SMILES string of the molecule is CC(=O)Nc1cc(C(=O)NCCN2CCOCC2)n(C)c1. The van der Waals surface area contributed by atoms with Gasteiger partial charge < -0.3 is 19.9 Å². The third-order valence-corrected chi connectivity index (χ3v) is 3.38. The fourth-order valence-corrected chi connectivity index (χ4v) is 2.30. The Balaban J connectivity index is 1.82. The standard InChI is InChI=1S/C14H22N4O3/c1-11(19)16-12-9-13(17(2)10-12)14(20)15-3-4-18-5-7-21-8-6-18/h9-10H,3-8H2,1-2H3,(H,15,20)(H,16,19). The number of nitrogens with one attached hydrogen (secondary N) is 2. The van der Waals surface area contributed by atoms with E-state index < -0.39 is 0 Å². The molecule has 7 nitrogen and oxygen atoms in total. The Kier molecular flexibility index (Phi) is 5.35. The van der Waals surface area contributed by atoms with Gasteiger partial charge in [0.1, 0.15) is 5.69 Å². The molecule has 0 spiro atoms. The zero-order valence-electron chi connectivity index (χ0n) is 12.5. The quantitative estimate of drug-likeness (QED) is 0.804. The van der Waals surface area contributed by atoms with Gasteiger partial charge in [0.2, 0.25) is 5.91 Å². The summed E-state index contributed by atoms with van der Waals surface area (Å²) in [5.41, 5.74) is 1.16. The summed E-state index contributed by atoms with van der Waals surface area (Å²) in [5, 5.41) is 5.57. The minimum absolute atomic E-state index is 0.137. The van der Waals surface area contributed by atoms with Crippen LogP contribution >= 0.6 is 0 Å². The summed E-state index contributed by atoms with van der Waals surface area (Å²) in [5.74, 6) is -0.290. The number of amides is 2. The second kappa shape index (κ2) is 7.24. The number of carbonyl (C=O) groups is 2.